The number of hydrogen-bond donors (Lipinski definition) is 1. The van der Waals surface area contributed by atoms with Crippen LogP contribution in [0.3, 0.4) is 0 Å². The lowest BCUT2D eigenvalue weighted by atomic mass is 9.94. The van der Waals surface area contributed by atoms with Gasteiger partial charge in [0.05, 0.1) is 10.6 Å². The van der Waals surface area contributed by atoms with Crippen molar-refractivity contribution in [3.05, 3.63) is 33.4 Å². The third-order valence-electron chi connectivity index (χ3n) is 3.37. The molecule has 2 unspecified atom stereocenters. The molecule has 0 aromatic heterocycles. The van der Waals surface area contributed by atoms with E-state index in [9.17, 15) is 13.6 Å². The lowest BCUT2D eigenvalue weighted by Gasteiger charge is -2.28. The van der Waals surface area contributed by atoms with E-state index in [4.69, 9.17) is 21.4 Å². The number of carboxylic acid groups (broad SMARTS) is 1. The number of benzene rings is 1. The first-order chi connectivity index (χ1) is 9.36. The highest BCUT2D eigenvalue weighted by Crippen LogP contribution is 2.40. The van der Waals surface area contributed by atoms with Crippen LogP contribution < -0.4 is 4.74 Å². The number of carboxylic acids is 1. The predicted octanol–water partition coefficient (Wildman–Crippen LogP) is 3.49. The minimum Gasteiger partial charge on any atom is -0.480 e. The first-order valence-corrected chi connectivity index (χ1v) is 6.35. The quantitative estimate of drug-likeness (QED) is 0.929. The molecular weight excluding hydrogens is 290 g/mol. The summed E-state index contributed by atoms with van der Waals surface area (Å²) in [5.41, 5.74) is 1.83. The molecule has 108 valence electrons. The molecule has 0 radical (unpaired) electrons. The van der Waals surface area contributed by atoms with Gasteiger partial charge >= 0.3 is 5.97 Å². The molecule has 0 amide bonds. The minimum atomic E-state index is -2.05. The Labute approximate surface area is 119 Å². The fourth-order valence-corrected chi connectivity index (χ4v) is 2.44. The van der Waals surface area contributed by atoms with Gasteiger partial charge in [0.25, 0.3) is 0 Å². The van der Waals surface area contributed by atoms with Crippen molar-refractivity contribution in [2.45, 2.75) is 26.1 Å². The average molecular weight is 303 g/mol. The van der Waals surface area contributed by atoms with E-state index in [0.717, 1.165) is 11.1 Å². The molecule has 1 aromatic rings. The molecule has 6 heteroatoms. The molecule has 0 fully saturated rings. The standard InChI is InChI=1S/C14H13ClF2O3/c1-6-3-10(15)12-8(7(6)2)4-9(14(18)19)13(20-12)11(17)5-16/h3-4,11,13H,5H2,1-2H3,(H,18,19). The maximum Gasteiger partial charge on any atom is 0.335 e. The number of halogens is 3. The second-order valence-corrected chi connectivity index (χ2v) is 5.06. The zero-order valence-corrected chi connectivity index (χ0v) is 11.7. The Morgan fingerprint density at radius 1 is 1.55 bits per heavy atom. The lowest BCUT2D eigenvalue weighted by Crippen LogP contribution is -2.37. The summed E-state index contributed by atoms with van der Waals surface area (Å²) in [6.07, 6.45) is -2.24. The van der Waals surface area contributed by atoms with Crippen LogP contribution in [0, 0.1) is 13.8 Å². The van der Waals surface area contributed by atoms with E-state index in [0.29, 0.717) is 5.56 Å². The van der Waals surface area contributed by atoms with Crippen LogP contribution in [-0.2, 0) is 4.79 Å². The van der Waals surface area contributed by atoms with Gasteiger partial charge in [-0.3, -0.25) is 0 Å². The maximum absolute atomic E-state index is 13.6. The summed E-state index contributed by atoms with van der Waals surface area (Å²) in [4.78, 5) is 11.2. The minimum absolute atomic E-state index is 0.195. The van der Waals surface area contributed by atoms with Crippen molar-refractivity contribution in [1.29, 1.82) is 0 Å². The summed E-state index contributed by atoms with van der Waals surface area (Å²) < 4.78 is 31.4. The number of hydrogen-bond acceptors (Lipinski definition) is 2. The van der Waals surface area contributed by atoms with Crippen molar-refractivity contribution in [2.75, 3.05) is 6.67 Å². The third kappa shape index (κ3) is 2.38. The molecule has 2 rings (SSSR count). The van der Waals surface area contributed by atoms with Crippen LogP contribution in [-0.4, -0.2) is 30.0 Å². The number of rotatable bonds is 3. The summed E-state index contributed by atoms with van der Waals surface area (Å²) >= 11 is 6.04. The molecule has 1 aromatic carbocycles. The average Bonchev–Trinajstić information content (AvgIpc) is 2.42. The topological polar surface area (TPSA) is 46.5 Å². The predicted molar refractivity (Wildman–Crippen MR) is 71.8 cm³/mol. The molecule has 0 saturated heterocycles. The van der Waals surface area contributed by atoms with Crippen LogP contribution in [0.4, 0.5) is 8.78 Å². The largest absolute Gasteiger partial charge is 0.480 e. The van der Waals surface area contributed by atoms with E-state index in [1.165, 1.54) is 6.08 Å². The highest BCUT2D eigenvalue weighted by Gasteiger charge is 2.36. The van der Waals surface area contributed by atoms with Gasteiger partial charge in [-0.15, -0.1) is 0 Å². The van der Waals surface area contributed by atoms with Gasteiger partial charge in [0, 0.05) is 5.56 Å². The van der Waals surface area contributed by atoms with Crippen molar-refractivity contribution in [3.8, 4) is 5.75 Å². The van der Waals surface area contributed by atoms with E-state index >= 15 is 0 Å². The molecule has 0 aliphatic carbocycles. The zero-order valence-electron chi connectivity index (χ0n) is 10.9. The van der Waals surface area contributed by atoms with Gasteiger partial charge in [-0.1, -0.05) is 11.6 Å². The highest BCUT2D eigenvalue weighted by molar-refractivity contribution is 6.32. The fourth-order valence-electron chi connectivity index (χ4n) is 2.13. The van der Waals surface area contributed by atoms with Crippen LogP contribution in [0.25, 0.3) is 6.08 Å². The van der Waals surface area contributed by atoms with Crippen molar-refractivity contribution < 1.29 is 23.4 Å². The van der Waals surface area contributed by atoms with Crippen LogP contribution in [0.5, 0.6) is 5.75 Å². The number of carbonyl (C=O) groups is 1. The van der Waals surface area contributed by atoms with Crippen LogP contribution in [0.1, 0.15) is 16.7 Å². The molecule has 1 heterocycles. The Kier molecular flexibility index (Phi) is 3.99. The number of aryl methyl sites for hydroxylation is 1. The van der Waals surface area contributed by atoms with Crippen molar-refractivity contribution in [2.24, 2.45) is 0 Å². The molecular formula is C14H13ClF2O3. The van der Waals surface area contributed by atoms with Crippen molar-refractivity contribution in [1.82, 2.24) is 0 Å². The summed E-state index contributed by atoms with van der Waals surface area (Å²) in [5.74, 6) is -1.14. The first kappa shape index (κ1) is 14.8. The molecule has 3 nitrogen and oxygen atoms in total. The van der Waals surface area contributed by atoms with Gasteiger partial charge in [0.15, 0.2) is 12.3 Å². The fraction of sp³-hybridized carbons (Fsp3) is 0.357. The zero-order chi connectivity index (χ0) is 15.0. The number of aliphatic carboxylic acids is 1. The summed E-state index contributed by atoms with van der Waals surface area (Å²) in [5, 5.41) is 9.39. The van der Waals surface area contributed by atoms with Crippen LogP contribution >= 0.6 is 11.6 Å². The van der Waals surface area contributed by atoms with Gasteiger partial charge < -0.3 is 9.84 Å². The van der Waals surface area contributed by atoms with Gasteiger partial charge in [0.2, 0.25) is 0 Å². The van der Waals surface area contributed by atoms with E-state index in [1.807, 2.05) is 6.92 Å². The normalized spacial score (nSPS) is 18.9. The van der Waals surface area contributed by atoms with E-state index in [2.05, 4.69) is 0 Å². The Morgan fingerprint density at radius 2 is 2.20 bits per heavy atom. The van der Waals surface area contributed by atoms with E-state index in [1.54, 1.807) is 13.0 Å². The van der Waals surface area contributed by atoms with Gasteiger partial charge in [-0.2, -0.15) is 0 Å². The maximum atomic E-state index is 13.6. The number of alkyl halides is 2. The highest BCUT2D eigenvalue weighted by atomic mass is 35.5. The Bertz CT molecular complexity index is 599. The monoisotopic (exact) mass is 302 g/mol. The summed E-state index contributed by atoms with van der Waals surface area (Å²) in [6, 6.07) is 1.65. The Hall–Kier alpha value is -1.62. The van der Waals surface area contributed by atoms with Gasteiger partial charge in [0.1, 0.15) is 12.4 Å². The molecule has 1 aliphatic heterocycles. The molecule has 0 saturated carbocycles. The summed E-state index contributed by atoms with van der Waals surface area (Å²) in [6.45, 7) is 2.28. The first-order valence-electron chi connectivity index (χ1n) is 5.98. The Morgan fingerprint density at radius 3 is 2.75 bits per heavy atom. The lowest BCUT2D eigenvalue weighted by molar-refractivity contribution is -0.134. The molecule has 1 aliphatic rings. The van der Waals surface area contributed by atoms with Gasteiger partial charge in [-0.25, -0.2) is 13.6 Å². The van der Waals surface area contributed by atoms with Gasteiger partial charge in [-0.05, 0) is 37.1 Å². The molecule has 2 atom stereocenters. The second-order valence-electron chi connectivity index (χ2n) is 4.66. The SMILES string of the molecule is Cc1cc(Cl)c2c(c1C)C=C(C(=O)O)C(C(F)CF)O2. The van der Waals surface area contributed by atoms with Crippen LogP contribution in [0.15, 0.2) is 11.6 Å². The molecule has 1 N–H and O–H groups in total. The van der Waals surface area contributed by atoms with Crippen molar-refractivity contribution >= 4 is 23.6 Å². The smallest absolute Gasteiger partial charge is 0.335 e. The number of ether oxygens (including phenoxy) is 1. The third-order valence-corrected chi connectivity index (χ3v) is 3.66. The molecule has 20 heavy (non-hydrogen) atoms. The van der Waals surface area contributed by atoms with E-state index in [-0.39, 0.29) is 16.3 Å². The molecule has 0 spiro atoms. The van der Waals surface area contributed by atoms with Crippen molar-refractivity contribution in [3.63, 3.8) is 0 Å². The Balaban J connectivity index is 2.63. The summed E-state index contributed by atoms with van der Waals surface area (Å²) in [7, 11) is 0. The van der Waals surface area contributed by atoms with Crippen LogP contribution in [0.2, 0.25) is 5.02 Å². The second kappa shape index (κ2) is 5.40. The van der Waals surface area contributed by atoms with E-state index < -0.39 is 24.9 Å². The molecule has 0 bridgehead atoms. The number of fused-ring (bicyclic) bond motifs is 1.